The van der Waals surface area contributed by atoms with E-state index in [2.05, 4.69) is 74.1 Å². The van der Waals surface area contributed by atoms with Crippen molar-refractivity contribution in [3.63, 3.8) is 0 Å². The third-order valence-corrected chi connectivity index (χ3v) is 7.59. The van der Waals surface area contributed by atoms with Crippen LogP contribution in [0.5, 0.6) is 0 Å². The minimum absolute atomic E-state index is 0.00744. The third-order valence-electron chi connectivity index (χ3n) is 7.42. The van der Waals surface area contributed by atoms with Gasteiger partial charge >= 0.3 is 0 Å². The summed E-state index contributed by atoms with van der Waals surface area (Å²) in [7, 11) is 0. The largest absolute Gasteiger partial charge is 0.391 e. The molecule has 37 heavy (non-hydrogen) atoms. The van der Waals surface area contributed by atoms with Crippen molar-refractivity contribution in [2.45, 2.75) is 50.0 Å². The van der Waals surface area contributed by atoms with Crippen molar-refractivity contribution in [1.29, 1.82) is 0 Å². The van der Waals surface area contributed by atoms with Gasteiger partial charge in [0.1, 0.15) is 5.72 Å². The fraction of sp³-hybridized carbons (Fsp3) is 0.333. The molecule has 3 atom stereocenters. The van der Waals surface area contributed by atoms with Crippen LogP contribution in [0.3, 0.4) is 0 Å². The Hall–Kier alpha value is -3.53. The van der Waals surface area contributed by atoms with Crippen LogP contribution in [0.4, 0.5) is 5.82 Å². The number of fused-ring (bicyclic) bond motifs is 4. The van der Waals surface area contributed by atoms with E-state index in [1.54, 1.807) is 17.8 Å². The van der Waals surface area contributed by atoms with E-state index in [0.29, 0.717) is 23.5 Å². The highest BCUT2D eigenvalue weighted by molar-refractivity contribution is 6.28. The predicted octanol–water partition coefficient (Wildman–Crippen LogP) is 3.61. The quantitative estimate of drug-likeness (QED) is 0.227. The summed E-state index contributed by atoms with van der Waals surface area (Å²) in [4.78, 5) is 25.2. The molecule has 0 unspecified atom stereocenters. The maximum atomic E-state index is 11.9. The second-order valence-corrected chi connectivity index (χ2v) is 10.1. The molecular formula is C27H27ClN6O3. The van der Waals surface area contributed by atoms with E-state index in [0.717, 1.165) is 0 Å². The molecule has 2 aromatic carbocycles. The van der Waals surface area contributed by atoms with Crippen molar-refractivity contribution in [2.75, 3.05) is 11.9 Å². The molecule has 2 aliphatic carbocycles. The van der Waals surface area contributed by atoms with Crippen LogP contribution in [0.1, 0.15) is 49.3 Å². The number of aliphatic hydroxyl groups excluding tert-OH is 1. The molecule has 0 aliphatic heterocycles. The second kappa shape index (κ2) is 9.09. The molecule has 9 nitrogen and oxygen atoms in total. The van der Waals surface area contributed by atoms with Crippen molar-refractivity contribution in [3.05, 3.63) is 71.3 Å². The lowest BCUT2D eigenvalue weighted by molar-refractivity contribution is -0.128. The van der Waals surface area contributed by atoms with E-state index in [9.17, 15) is 15.0 Å². The lowest BCUT2D eigenvalue weighted by Gasteiger charge is -2.24. The van der Waals surface area contributed by atoms with Gasteiger partial charge in [0, 0.05) is 31.7 Å². The fourth-order valence-corrected chi connectivity index (χ4v) is 5.88. The number of rotatable bonds is 6. The molecule has 4 N–H and O–H groups in total. The molecule has 1 saturated carbocycles. The van der Waals surface area contributed by atoms with Gasteiger partial charge in [0.2, 0.25) is 11.2 Å². The lowest BCUT2D eigenvalue weighted by Crippen LogP contribution is -2.46. The van der Waals surface area contributed by atoms with Gasteiger partial charge in [0.05, 0.1) is 18.5 Å². The van der Waals surface area contributed by atoms with Gasteiger partial charge in [0.15, 0.2) is 17.0 Å². The summed E-state index contributed by atoms with van der Waals surface area (Å²) < 4.78 is 1.70. The predicted molar refractivity (Wildman–Crippen MR) is 140 cm³/mol. The number of nitrogens with one attached hydrogen (secondary N) is 2. The Morgan fingerprint density at radius 3 is 2.46 bits per heavy atom. The molecule has 0 bridgehead atoms. The Morgan fingerprint density at radius 1 is 1.11 bits per heavy atom. The van der Waals surface area contributed by atoms with Gasteiger partial charge in [-0.2, -0.15) is 9.97 Å². The normalized spacial score (nSPS) is 22.7. The van der Waals surface area contributed by atoms with Gasteiger partial charge in [-0.1, -0.05) is 55.5 Å². The van der Waals surface area contributed by atoms with Crippen LogP contribution < -0.4 is 10.6 Å². The standard InChI is InChI=1S/C27H27ClN6O3/c1-2-22(36)33-27(37)11-20(21(35)12-27)34-14-30-23-24(31-26(28)32-25(23)34)29-13-19-17-9-5-3-7-15(17)16-8-4-6-10-18(16)19/h3-10,14,19-21,35,37H,2,11-13H2,1H3,(H,33,36)(H,29,31,32)/t20-,21+,27+/m1/s1. The number of hydrogen-bond acceptors (Lipinski definition) is 7. The number of aromatic nitrogens is 4. The molecule has 0 radical (unpaired) electrons. The highest BCUT2D eigenvalue weighted by Crippen LogP contribution is 2.44. The molecule has 2 heterocycles. The molecular weight excluding hydrogens is 492 g/mol. The number of hydrogen-bond donors (Lipinski definition) is 4. The maximum Gasteiger partial charge on any atom is 0.226 e. The first-order chi connectivity index (χ1) is 17.9. The highest BCUT2D eigenvalue weighted by atomic mass is 35.5. The van der Waals surface area contributed by atoms with E-state index in [4.69, 9.17) is 11.6 Å². The molecule has 6 rings (SSSR count). The second-order valence-electron chi connectivity index (χ2n) is 9.75. The number of amides is 1. The third kappa shape index (κ3) is 4.13. The smallest absolute Gasteiger partial charge is 0.226 e. The van der Waals surface area contributed by atoms with E-state index in [1.165, 1.54) is 22.3 Å². The Kier molecular flexibility index (Phi) is 5.86. The number of halogens is 1. The maximum absolute atomic E-state index is 11.9. The van der Waals surface area contributed by atoms with Crippen molar-refractivity contribution < 1.29 is 15.0 Å². The molecule has 2 aromatic heterocycles. The van der Waals surface area contributed by atoms with Crippen LogP contribution >= 0.6 is 11.6 Å². The van der Waals surface area contributed by atoms with Crippen LogP contribution in [0.15, 0.2) is 54.9 Å². The summed E-state index contributed by atoms with van der Waals surface area (Å²) in [5.74, 6) is 0.350. The molecule has 0 saturated heterocycles. The van der Waals surface area contributed by atoms with Gasteiger partial charge in [-0.15, -0.1) is 0 Å². The van der Waals surface area contributed by atoms with Gasteiger partial charge in [-0.25, -0.2) is 4.98 Å². The summed E-state index contributed by atoms with van der Waals surface area (Å²) in [6.07, 6.45) is 1.03. The van der Waals surface area contributed by atoms with Crippen LogP contribution in [0, 0.1) is 0 Å². The van der Waals surface area contributed by atoms with Crippen molar-refractivity contribution in [2.24, 2.45) is 0 Å². The first-order valence-corrected chi connectivity index (χ1v) is 12.8. The summed E-state index contributed by atoms with van der Waals surface area (Å²) in [6.45, 7) is 2.29. The average Bonchev–Trinajstić information content (AvgIpc) is 3.53. The van der Waals surface area contributed by atoms with Gasteiger partial charge in [-0.05, 0) is 33.9 Å². The summed E-state index contributed by atoms with van der Waals surface area (Å²) in [6, 6.07) is 16.3. The topological polar surface area (TPSA) is 125 Å². The molecule has 0 spiro atoms. The highest BCUT2D eigenvalue weighted by Gasteiger charge is 2.46. The number of carbonyl (C=O) groups excluding carboxylic acids is 1. The number of carbonyl (C=O) groups is 1. The number of nitrogens with zero attached hydrogens (tertiary/aromatic N) is 4. The first kappa shape index (κ1) is 23.8. The zero-order chi connectivity index (χ0) is 25.7. The number of imidazole rings is 1. The Bertz CT molecular complexity index is 1460. The van der Waals surface area contributed by atoms with Crippen LogP contribution in [-0.4, -0.2) is 54.0 Å². The molecule has 1 amide bonds. The summed E-state index contributed by atoms with van der Waals surface area (Å²) in [5, 5.41) is 27.7. The number of benzene rings is 2. The van der Waals surface area contributed by atoms with Crippen molar-refractivity contribution in [3.8, 4) is 11.1 Å². The monoisotopic (exact) mass is 518 g/mol. The Morgan fingerprint density at radius 2 is 1.78 bits per heavy atom. The molecule has 2 aliphatic rings. The van der Waals surface area contributed by atoms with E-state index >= 15 is 0 Å². The van der Waals surface area contributed by atoms with Crippen LogP contribution in [-0.2, 0) is 4.79 Å². The molecule has 190 valence electrons. The Labute approximate surface area is 218 Å². The minimum atomic E-state index is -1.51. The molecule has 1 fully saturated rings. The van der Waals surface area contributed by atoms with E-state index < -0.39 is 17.9 Å². The van der Waals surface area contributed by atoms with E-state index in [-0.39, 0.29) is 36.4 Å². The SMILES string of the molecule is CCC(=O)N[C@]1(O)C[C@@H](n2cnc3c(NCC4c5ccccc5-c5ccccc54)nc(Cl)nc32)[C@@H](O)C1. The van der Waals surface area contributed by atoms with Gasteiger partial charge < -0.3 is 25.4 Å². The summed E-state index contributed by atoms with van der Waals surface area (Å²) in [5.41, 5.74) is 4.43. The molecule has 4 aromatic rings. The van der Waals surface area contributed by atoms with Crippen LogP contribution in [0.2, 0.25) is 5.28 Å². The average molecular weight is 519 g/mol. The Balaban J connectivity index is 1.29. The number of aliphatic hydroxyl groups is 2. The van der Waals surface area contributed by atoms with E-state index in [1.807, 2.05) is 0 Å². The zero-order valence-electron chi connectivity index (χ0n) is 20.2. The summed E-state index contributed by atoms with van der Waals surface area (Å²) >= 11 is 6.32. The van der Waals surface area contributed by atoms with Gasteiger partial charge in [0.25, 0.3) is 0 Å². The van der Waals surface area contributed by atoms with Crippen LogP contribution in [0.25, 0.3) is 22.3 Å². The van der Waals surface area contributed by atoms with Crippen molar-refractivity contribution >= 4 is 34.5 Å². The fourth-order valence-electron chi connectivity index (χ4n) is 5.72. The zero-order valence-corrected chi connectivity index (χ0v) is 21.0. The minimum Gasteiger partial charge on any atom is -0.391 e. The molecule has 10 heteroatoms. The first-order valence-electron chi connectivity index (χ1n) is 12.4. The number of anilines is 1. The van der Waals surface area contributed by atoms with Gasteiger partial charge in [-0.3, -0.25) is 4.79 Å². The lowest BCUT2D eigenvalue weighted by atomic mass is 9.97. The van der Waals surface area contributed by atoms with Crippen molar-refractivity contribution in [1.82, 2.24) is 24.8 Å².